The Balaban J connectivity index is 2.07. The van der Waals surface area contributed by atoms with E-state index in [-0.39, 0.29) is 11.7 Å². The van der Waals surface area contributed by atoms with Gasteiger partial charge in [0, 0.05) is 6.42 Å². The number of ether oxygens (including phenoxy) is 2. The van der Waals surface area contributed by atoms with Crippen LogP contribution in [-0.4, -0.2) is 6.29 Å². The second-order valence-corrected chi connectivity index (χ2v) is 10.2. The van der Waals surface area contributed by atoms with Crippen molar-refractivity contribution in [2.45, 2.75) is 80.1 Å². The molecular weight excluding hydrogens is 356 g/mol. The first kappa shape index (κ1) is 23.5. The van der Waals surface area contributed by atoms with Gasteiger partial charge >= 0.3 is 0 Å². The molecule has 0 bridgehead atoms. The topological polar surface area (TPSA) is 18.5 Å². The van der Waals surface area contributed by atoms with E-state index in [1.807, 2.05) is 18.2 Å². The molecule has 0 saturated carbocycles. The molecule has 2 nitrogen and oxygen atoms in total. The molecule has 0 spiro atoms. The van der Waals surface area contributed by atoms with E-state index in [2.05, 4.69) is 84.9 Å². The third kappa shape index (κ3) is 8.62. The molecule has 0 fully saturated rings. The van der Waals surface area contributed by atoms with Crippen molar-refractivity contribution in [3.05, 3.63) is 65.7 Å². The molecule has 29 heavy (non-hydrogen) atoms. The fourth-order valence-corrected chi connectivity index (χ4v) is 3.64. The smallest absolute Gasteiger partial charge is 0.200 e. The summed E-state index contributed by atoms with van der Waals surface area (Å²) >= 11 is 0. The van der Waals surface area contributed by atoms with Gasteiger partial charge in [-0.3, -0.25) is 0 Å². The van der Waals surface area contributed by atoms with Gasteiger partial charge in [-0.05, 0) is 52.8 Å². The van der Waals surface area contributed by atoms with Crippen LogP contribution in [0.2, 0.25) is 0 Å². The van der Waals surface area contributed by atoms with Crippen LogP contribution in [0.5, 0.6) is 5.75 Å². The second-order valence-electron chi connectivity index (χ2n) is 10.2. The SMILES string of the molecule is CC(C)CC(c1ccc(OC(CC(C)(C)C)OCc2ccccc2)cc1)C(C)C. The summed E-state index contributed by atoms with van der Waals surface area (Å²) in [7, 11) is 0. The maximum absolute atomic E-state index is 6.27. The first-order valence-corrected chi connectivity index (χ1v) is 11.1. The molecule has 2 aromatic carbocycles. The van der Waals surface area contributed by atoms with Crippen LogP contribution in [-0.2, 0) is 11.3 Å². The zero-order valence-electron chi connectivity index (χ0n) is 19.4. The summed E-state index contributed by atoms with van der Waals surface area (Å²) in [5, 5.41) is 0. The molecule has 0 heterocycles. The van der Waals surface area contributed by atoms with Crippen LogP contribution in [0.1, 0.15) is 78.4 Å². The first-order valence-electron chi connectivity index (χ1n) is 11.1. The van der Waals surface area contributed by atoms with Crippen molar-refractivity contribution in [1.82, 2.24) is 0 Å². The van der Waals surface area contributed by atoms with Gasteiger partial charge in [-0.1, -0.05) is 90.9 Å². The van der Waals surface area contributed by atoms with E-state index in [4.69, 9.17) is 9.47 Å². The van der Waals surface area contributed by atoms with Crippen LogP contribution in [0.3, 0.4) is 0 Å². The highest BCUT2D eigenvalue weighted by Crippen LogP contribution is 2.32. The molecule has 0 N–H and O–H groups in total. The van der Waals surface area contributed by atoms with E-state index >= 15 is 0 Å². The van der Waals surface area contributed by atoms with Gasteiger partial charge in [0.1, 0.15) is 5.75 Å². The molecule has 0 radical (unpaired) electrons. The quantitative estimate of drug-likeness (QED) is 0.381. The maximum atomic E-state index is 6.27. The van der Waals surface area contributed by atoms with Crippen molar-refractivity contribution < 1.29 is 9.47 Å². The van der Waals surface area contributed by atoms with E-state index < -0.39 is 0 Å². The van der Waals surface area contributed by atoms with E-state index in [9.17, 15) is 0 Å². The molecule has 2 aromatic rings. The maximum Gasteiger partial charge on any atom is 0.200 e. The van der Waals surface area contributed by atoms with Crippen LogP contribution >= 0.6 is 0 Å². The summed E-state index contributed by atoms with van der Waals surface area (Å²) in [5.74, 6) is 2.79. The van der Waals surface area contributed by atoms with Gasteiger partial charge in [0.25, 0.3) is 0 Å². The Labute approximate surface area is 178 Å². The molecule has 0 aliphatic rings. The van der Waals surface area contributed by atoms with Crippen molar-refractivity contribution in [2.75, 3.05) is 0 Å². The second kappa shape index (κ2) is 10.8. The Morgan fingerprint density at radius 3 is 1.97 bits per heavy atom. The summed E-state index contributed by atoms with van der Waals surface area (Å²) in [5.41, 5.74) is 2.69. The lowest BCUT2D eigenvalue weighted by molar-refractivity contribution is -0.108. The van der Waals surface area contributed by atoms with Gasteiger partial charge in [0.05, 0.1) is 6.61 Å². The van der Waals surface area contributed by atoms with E-state index in [0.717, 1.165) is 12.2 Å². The van der Waals surface area contributed by atoms with Gasteiger partial charge in [0.15, 0.2) is 0 Å². The van der Waals surface area contributed by atoms with Crippen LogP contribution in [0.15, 0.2) is 54.6 Å². The van der Waals surface area contributed by atoms with Crippen LogP contribution in [0.4, 0.5) is 0 Å². The molecule has 0 aliphatic heterocycles. The molecule has 0 saturated heterocycles. The summed E-state index contributed by atoms with van der Waals surface area (Å²) in [6, 6.07) is 18.9. The Hall–Kier alpha value is -1.80. The molecule has 2 heteroatoms. The summed E-state index contributed by atoms with van der Waals surface area (Å²) in [6.45, 7) is 16.4. The highest BCUT2D eigenvalue weighted by Gasteiger charge is 2.22. The van der Waals surface area contributed by atoms with Crippen molar-refractivity contribution >= 4 is 0 Å². The lowest BCUT2D eigenvalue weighted by atomic mass is 9.82. The van der Waals surface area contributed by atoms with Gasteiger partial charge in [0.2, 0.25) is 6.29 Å². The Morgan fingerprint density at radius 2 is 1.45 bits per heavy atom. The minimum Gasteiger partial charge on any atom is -0.465 e. The number of hydrogen-bond acceptors (Lipinski definition) is 2. The lowest BCUT2D eigenvalue weighted by Gasteiger charge is -2.27. The predicted octanol–water partition coefficient (Wildman–Crippen LogP) is 7.83. The van der Waals surface area contributed by atoms with E-state index in [1.54, 1.807) is 0 Å². The Kier molecular flexibility index (Phi) is 8.77. The van der Waals surface area contributed by atoms with Crippen LogP contribution in [0, 0.1) is 17.3 Å². The third-order valence-corrected chi connectivity index (χ3v) is 5.16. The largest absolute Gasteiger partial charge is 0.465 e. The Morgan fingerprint density at radius 1 is 0.828 bits per heavy atom. The molecule has 2 atom stereocenters. The number of benzene rings is 2. The van der Waals surface area contributed by atoms with Crippen molar-refractivity contribution in [2.24, 2.45) is 17.3 Å². The highest BCUT2D eigenvalue weighted by atomic mass is 16.7. The van der Waals surface area contributed by atoms with Gasteiger partial charge in [-0.15, -0.1) is 0 Å². The fraction of sp³-hybridized carbons (Fsp3) is 0.556. The summed E-state index contributed by atoms with van der Waals surface area (Å²) < 4.78 is 12.4. The average Bonchev–Trinajstić information content (AvgIpc) is 2.64. The molecule has 2 rings (SSSR count). The normalized spacial score (nSPS) is 14.2. The zero-order chi connectivity index (χ0) is 21.4. The van der Waals surface area contributed by atoms with Crippen molar-refractivity contribution in [3.63, 3.8) is 0 Å². The monoisotopic (exact) mass is 396 g/mol. The van der Waals surface area contributed by atoms with Crippen molar-refractivity contribution in [1.29, 1.82) is 0 Å². The molecule has 2 unspecified atom stereocenters. The Bertz CT molecular complexity index is 696. The average molecular weight is 397 g/mol. The first-order chi connectivity index (χ1) is 13.6. The molecule has 0 amide bonds. The lowest BCUT2D eigenvalue weighted by Crippen LogP contribution is -2.26. The summed E-state index contributed by atoms with van der Waals surface area (Å²) in [4.78, 5) is 0. The minimum atomic E-state index is -0.266. The third-order valence-electron chi connectivity index (χ3n) is 5.16. The van der Waals surface area contributed by atoms with E-state index in [0.29, 0.717) is 24.4 Å². The molecule has 0 aliphatic carbocycles. The van der Waals surface area contributed by atoms with E-state index in [1.165, 1.54) is 17.5 Å². The zero-order valence-corrected chi connectivity index (χ0v) is 19.4. The predicted molar refractivity (Wildman–Crippen MR) is 123 cm³/mol. The molecular formula is C27H40O2. The van der Waals surface area contributed by atoms with Gasteiger partial charge < -0.3 is 9.47 Å². The van der Waals surface area contributed by atoms with Gasteiger partial charge in [-0.2, -0.15) is 0 Å². The van der Waals surface area contributed by atoms with Crippen LogP contribution < -0.4 is 4.74 Å². The van der Waals surface area contributed by atoms with Gasteiger partial charge in [-0.25, -0.2) is 0 Å². The van der Waals surface area contributed by atoms with Crippen molar-refractivity contribution in [3.8, 4) is 5.75 Å². The van der Waals surface area contributed by atoms with Crippen LogP contribution in [0.25, 0.3) is 0 Å². The number of hydrogen-bond donors (Lipinski definition) is 0. The highest BCUT2D eigenvalue weighted by molar-refractivity contribution is 5.30. The summed E-state index contributed by atoms with van der Waals surface area (Å²) in [6.07, 6.45) is 1.78. The fourth-order valence-electron chi connectivity index (χ4n) is 3.64. The minimum absolute atomic E-state index is 0.126. The number of rotatable bonds is 10. The molecule has 160 valence electrons. The molecule has 0 aromatic heterocycles. The standard InChI is InChI=1S/C27H40O2/c1-20(2)17-25(21(3)4)23-13-15-24(16-14-23)29-26(18-27(5,6)7)28-19-22-11-9-8-10-12-22/h8-16,20-21,25-26H,17-19H2,1-7H3.